The maximum atomic E-state index is 4.52. The summed E-state index contributed by atoms with van der Waals surface area (Å²) < 4.78 is 0. The molecule has 0 atom stereocenters. The van der Waals surface area contributed by atoms with Crippen molar-refractivity contribution in [1.82, 2.24) is 4.98 Å². The van der Waals surface area contributed by atoms with Crippen LogP contribution in [0, 0.1) is 0 Å². The summed E-state index contributed by atoms with van der Waals surface area (Å²) in [4.78, 5) is 4.52. The van der Waals surface area contributed by atoms with Crippen molar-refractivity contribution in [2.24, 2.45) is 0 Å². The number of allylic oxidation sites excluding steroid dienone is 2. The van der Waals surface area contributed by atoms with Crippen LogP contribution in [0.3, 0.4) is 0 Å². The summed E-state index contributed by atoms with van der Waals surface area (Å²) in [6.45, 7) is 17.0. The highest BCUT2D eigenvalue weighted by Gasteiger charge is 2.20. The van der Waals surface area contributed by atoms with Crippen molar-refractivity contribution in [3.05, 3.63) is 42.8 Å². The van der Waals surface area contributed by atoms with Gasteiger partial charge in [0.15, 0.2) is 0 Å². The average molecular weight is 245 g/mol. The van der Waals surface area contributed by atoms with E-state index in [-0.39, 0.29) is 0 Å². The third-order valence-corrected chi connectivity index (χ3v) is 4.96. The Morgan fingerprint density at radius 2 is 2.06 bits per heavy atom. The van der Waals surface area contributed by atoms with Crippen molar-refractivity contribution in [1.29, 1.82) is 0 Å². The first-order valence-electron chi connectivity index (χ1n) is 6.21. The van der Waals surface area contributed by atoms with Gasteiger partial charge in [-0.05, 0) is 28.8 Å². The zero-order valence-electron chi connectivity index (χ0n) is 11.5. The van der Waals surface area contributed by atoms with Crippen LogP contribution in [0.4, 0.5) is 0 Å². The quantitative estimate of drug-likeness (QED) is 0.568. The number of aromatic nitrogens is 1. The van der Waals surface area contributed by atoms with E-state index in [4.69, 9.17) is 0 Å². The number of hydrogen-bond acceptors (Lipinski definition) is 1. The highest BCUT2D eigenvalue weighted by molar-refractivity contribution is 6.89. The van der Waals surface area contributed by atoms with Crippen LogP contribution >= 0.6 is 0 Å². The predicted molar refractivity (Wildman–Crippen MR) is 80.4 cm³/mol. The first kappa shape index (κ1) is 13.9. The van der Waals surface area contributed by atoms with Crippen LogP contribution in [-0.2, 0) is 6.42 Å². The van der Waals surface area contributed by atoms with E-state index in [1.807, 2.05) is 0 Å². The van der Waals surface area contributed by atoms with Gasteiger partial charge in [0.1, 0.15) is 0 Å². The van der Waals surface area contributed by atoms with Gasteiger partial charge in [-0.1, -0.05) is 52.2 Å². The molecule has 1 nitrogen and oxygen atoms in total. The van der Waals surface area contributed by atoms with Crippen molar-refractivity contribution >= 4 is 18.8 Å². The lowest BCUT2D eigenvalue weighted by Crippen LogP contribution is -2.40. The van der Waals surface area contributed by atoms with Crippen molar-refractivity contribution in [2.45, 2.75) is 39.4 Å². The molecule has 0 aromatic carbocycles. The van der Waals surface area contributed by atoms with E-state index in [9.17, 15) is 0 Å². The number of rotatable bonds is 5. The van der Waals surface area contributed by atoms with Crippen molar-refractivity contribution in [2.75, 3.05) is 0 Å². The fourth-order valence-electron chi connectivity index (χ4n) is 1.93. The van der Waals surface area contributed by atoms with Crippen molar-refractivity contribution in [3.63, 3.8) is 0 Å². The Balaban J connectivity index is 3.26. The zero-order valence-corrected chi connectivity index (χ0v) is 12.5. The van der Waals surface area contributed by atoms with Gasteiger partial charge in [0.25, 0.3) is 0 Å². The summed E-state index contributed by atoms with van der Waals surface area (Å²) in [6, 6.07) is 2.20. The first-order valence-corrected chi connectivity index (χ1v) is 9.71. The Kier molecular flexibility index (Phi) is 4.46. The van der Waals surface area contributed by atoms with E-state index >= 15 is 0 Å². The van der Waals surface area contributed by atoms with Gasteiger partial charge in [-0.15, -0.1) is 0 Å². The highest BCUT2D eigenvalue weighted by atomic mass is 28.3. The van der Waals surface area contributed by atoms with Gasteiger partial charge < -0.3 is 0 Å². The molecule has 0 bridgehead atoms. The van der Waals surface area contributed by atoms with E-state index in [2.05, 4.69) is 57.0 Å². The fourth-order valence-corrected chi connectivity index (χ4v) is 3.54. The molecule has 1 heterocycles. The minimum Gasteiger partial charge on any atom is -0.256 e. The van der Waals surface area contributed by atoms with Gasteiger partial charge >= 0.3 is 0 Å². The first-order chi connectivity index (χ1) is 7.90. The van der Waals surface area contributed by atoms with Crippen LogP contribution in [-0.4, -0.2) is 13.1 Å². The molecule has 2 heteroatoms. The molecule has 0 radical (unpaired) electrons. The van der Waals surface area contributed by atoms with Crippen LogP contribution in [0.2, 0.25) is 19.6 Å². The van der Waals surface area contributed by atoms with Crippen LogP contribution in [0.15, 0.2) is 31.5 Å². The molecule has 0 saturated heterocycles. The molecule has 1 rings (SSSR count). The van der Waals surface area contributed by atoms with E-state index < -0.39 is 8.07 Å². The molecule has 0 unspecified atom stereocenters. The standard InChI is InChI=1S/C15H23NSi/c1-7-9-13-10-14(12(3)8-2)16-11-15(13)17(4,5)6/h8,10-11H,2-3,7,9H2,1,4-6H3. The maximum absolute atomic E-state index is 4.52. The smallest absolute Gasteiger partial charge is 0.0799 e. The van der Waals surface area contributed by atoms with Gasteiger partial charge in [0.2, 0.25) is 0 Å². The molecule has 0 amide bonds. The zero-order chi connectivity index (χ0) is 13.1. The van der Waals surface area contributed by atoms with E-state index in [0.717, 1.165) is 17.7 Å². The topological polar surface area (TPSA) is 12.9 Å². The van der Waals surface area contributed by atoms with Crippen LogP contribution < -0.4 is 5.19 Å². The molecular formula is C15H23NSi. The molecule has 0 spiro atoms. The summed E-state index contributed by atoms with van der Waals surface area (Å²) in [5.41, 5.74) is 3.31. The monoisotopic (exact) mass is 245 g/mol. The molecule has 17 heavy (non-hydrogen) atoms. The minimum absolute atomic E-state index is 0.907. The van der Waals surface area contributed by atoms with Gasteiger partial charge in [-0.3, -0.25) is 4.98 Å². The number of aryl methyl sites for hydroxylation is 1. The van der Waals surface area contributed by atoms with E-state index in [1.54, 1.807) is 6.08 Å². The Morgan fingerprint density at radius 1 is 1.41 bits per heavy atom. The Hall–Kier alpha value is -1.15. The van der Waals surface area contributed by atoms with Crippen LogP contribution in [0.1, 0.15) is 24.6 Å². The van der Waals surface area contributed by atoms with Crippen LogP contribution in [0.25, 0.3) is 5.57 Å². The van der Waals surface area contributed by atoms with Gasteiger partial charge in [-0.2, -0.15) is 0 Å². The molecule has 0 aliphatic heterocycles. The second-order valence-electron chi connectivity index (χ2n) is 5.46. The molecule has 0 aliphatic carbocycles. The molecule has 1 aromatic heterocycles. The van der Waals surface area contributed by atoms with Crippen LogP contribution in [0.5, 0.6) is 0 Å². The third-order valence-electron chi connectivity index (χ3n) is 2.89. The Labute approximate surface area is 106 Å². The second kappa shape index (κ2) is 5.45. The second-order valence-corrected chi connectivity index (χ2v) is 10.5. The van der Waals surface area contributed by atoms with E-state index in [0.29, 0.717) is 0 Å². The molecule has 0 N–H and O–H groups in total. The maximum Gasteiger partial charge on any atom is 0.0799 e. The van der Waals surface area contributed by atoms with Crippen molar-refractivity contribution < 1.29 is 0 Å². The number of hydrogen-bond donors (Lipinski definition) is 0. The number of nitrogens with zero attached hydrogens (tertiary/aromatic N) is 1. The summed E-state index contributed by atoms with van der Waals surface area (Å²) in [5.74, 6) is 0. The average Bonchev–Trinajstić information content (AvgIpc) is 2.27. The largest absolute Gasteiger partial charge is 0.256 e. The lowest BCUT2D eigenvalue weighted by Gasteiger charge is -2.21. The highest BCUT2D eigenvalue weighted by Crippen LogP contribution is 2.15. The molecule has 0 fully saturated rings. The molecular weight excluding hydrogens is 222 g/mol. The number of pyridine rings is 1. The summed E-state index contributed by atoms with van der Waals surface area (Å²) in [6.07, 6.45) is 6.12. The lowest BCUT2D eigenvalue weighted by molar-refractivity contribution is 0.922. The molecule has 1 aromatic rings. The lowest BCUT2D eigenvalue weighted by atomic mass is 10.1. The van der Waals surface area contributed by atoms with Gasteiger partial charge in [-0.25, -0.2) is 0 Å². The predicted octanol–water partition coefficient (Wildman–Crippen LogP) is 3.78. The van der Waals surface area contributed by atoms with Crippen molar-refractivity contribution in [3.8, 4) is 0 Å². The summed E-state index contributed by atoms with van der Waals surface area (Å²) in [5, 5.41) is 1.47. The summed E-state index contributed by atoms with van der Waals surface area (Å²) >= 11 is 0. The fraction of sp³-hybridized carbons (Fsp3) is 0.400. The third kappa shape index (κ3) is 3.40. The molecule has 0 saturated carbocycles. The Bertz CT molecular complexity index is 427. The molecule has 92 valence electrons. The SMILES string of the molecule is C=CC(=C)c1cc(CCC)c([Si](C)(C)C)cn1. The minimum atomic E-state index is -1.30. The van der Waals surface area contributed by atoms with Gasteiger partial charge in [0.05, 0.1) is 13.8 Å². The molecule has 0 aliphatic rings. The Morgan fingerprint density at radius 3 is 2.53 bits per heavy atom. The van der Waals surface area contributed by atoms with E-state index in [1.165, 1.54) is 17.2 Å². The summed E-state index contributed by atoms with van der Waals surface area (Å²) in [7, 11) is -1.30. The van der Waals surface area contributed by atoms with Gasteiger partial charge in [0, 0.05) is 6.20 Å². The normalized spacial score (nSPS) is 11.3.